The van der Waals surface area contributed by atoms with E-state index in [9.17, 15) is 0 Å². The van der Waals surface area contributed by atoms with Gasteiger partial charge in [-0.3, -0.25) is 0 Å². The Morgan fingerprint density at radius 2 is 1.83 bits per heavy atom. The molecule has 0 saturated carbocycles. The first kappa shape index (κ1) is 9.44. The molecule has 1 aromatic rings. The first-order valence-electron chi connectivity index (χ1n) is 3.44. The molecule has 0 bridgehead atoms. The van der Waals surface area contributed by atoms with Crippen molar-refractivity contribution in [1.29, 1.82) is 0 Å². The summed E-state index contributed by atoms with van der Waals surface area (Å²) in [5.74, 6) is 0.968. The quantitative estimate of drug-likeness (QED) is 0.341. The number of thiol groups is 1. The second-order valence-corrected chi connectivity index (χ2v) is 2.47. The molecule has 0 aliphatic rings. The van der Waals surface area contributed by atoms with E-state index in [0.29, 0.717) is 17.2 Å². The Bertz CT molecular complexity index is 237. The number of benzene rings is 1. The lowest BCUT2D eigenvalue weighted by atomic mass is 9.80. The predicted octanol–water partition coefficient (Wildman–Crippen LogP) is -0.368. The highest BCUT2D eigenvalue weighted by Crippen LogP contribution is 2.07. The molecule has 0 amide bonds. The largest absolute Gasteiger partial charge is 0.488 e. The van der Waals surface area contributed by atoms with Crippen molar-refractivity contribution in [2.45, 2.75) is 0 Å². The summed E-state index contributed by atoms with van der Waals surface area (Å²) in [6.45, 7) is 0. The van der Waals surface area contributed by atoms with Crippen LogP contribution >= 0.6 is 12.6 Å². The van der Waals surface area contributed by atoms with Crippen LogP contribution < -0.4 is 10.2 Å². The molecule has 64 valence electrons. The zero-order valence-electron chi connectivity index (χ0n) is 6.34. The molecule has 3 nitrogen and oxygen atoms in total. The second kappa shape index (κ2) is 4.40. The molecule has 0 radical (unpaired) electrons. The fourth-order valence-electron chi connectivity index (χ4n) is 0.811. The van der Waals surface area contributed by atoms with Crippen LogP contribution in [0.2, 0.25) is 0 Å². The Morgan fingerprint density at radius 3 is 2.25 bits per heavy atom. The lowest BCUT2D eigenvalue weighted by Gasteiger charge is -2.03. The maximum Gasteiger partial charge on any atom is 0.488 e. The molecule has 5 heteroatoms. The summed E-state index contributed by atoms with van der Waals surface area (Å²) in [6.07, 6.45) is 0. The molecule has 0 aliphatic carbocycles. The van der Waals surface area contributed by atoms with Gasteiger partial charge in [0.25, 0.3) is 0 Å². The average molecular weight is 184 g/mol. The highest BCUT2D eigenvalue weighted by molar-refractivity contribution is 7.80. The van der Waals surface area contributed by atoms with Crippen molar-refractivity contribution in [3.05, 3.63) is 24.3 Å². The first-order chi connectivity index (χ1) is 5.74. The number of hydrogen-bond donors (Lipinski definition) is 3. The maximum atomic E-state index is 8.74. The van der Waals surface area contributed by atoms with E-state index in [1.165, 1.54) is 0 Å². The maximum absolute atomic E-state index is 8.74. The van der Waals surface area contributed by atoms with Crippen LogP contribution in [-0.4, -0.2) is 23.1 Å². The molecule has 0 spiro atoms. The fraction of sp³-hybridized carbons (Fsp3) is 0.143. The molecule has 0 saturated heterocycles. The first-order valence-corrected chi connectivity index (χ1v) is 4.07. The van der Waals surface area contributed by atoms with Gasteiger partial charge in [-0.25, -0.2) is 0 Å². The summed E-state index contributed by atoms with van der Waals surface area (Å²) in [5.41, 5.74) is 0.446. The number of ether oxygens (including phenoxy) is 1. The third kappa shape index (κ3) is 2.44. The van der Waals surface area contributed by atoms with Crippen LogP contribution in [-0.2, 0) is 0 Å². The number of rotatable bonds is 3. The van der Waals surface area contributed by atoms with Gasteiger partial charge in [-0.05, 0) is 17.6 Å². The standard InChI is InChI=1S/C7H9BO3S/c9-8(10)6-1-3-7(4-2-6)11-5-12/h1-4,9-10,12H,5H2. The normalized spacial score (nSPS) is 9.58. The minimum Gasteiger partial charge on any atom is -0.483 e. The van der Waals surface area contributed by atoms with Crippen molar-refractivity contribution in [1.82, 2.24) is 0 Å². The number of hydrogen-bond acceptors (Lipinski definition) is 4. The van der Waals surface area contributed by atoms with Crippen LogP contribution in [0.25, 0.3) is 0 Å². The van der Waals surface area contributed by atoms with Gasteiger partial charge >= 0.3 is 7.12 Å². The van der Waals surface area contributed by atoms with Gasteiger partial charge in [0.15, 0.2) is 0 Å². The monoisotopic (exact) mass is 184 g/mol. The van der Waals surface area contributed by atoms with Crippen molar-refractivity contribution in [3.8, 4) is 5.75 Å². The lowest BCUT2D eigenvalue weighted by molar-refractivity contribution is 0.394. The van der Waals surface area contributed by atoms with Gasteiger partial charge in [-0.1, -0.05) is 12.1 Å². The SMILES string of the molecule is OB(O)c1ccc(OCS)cc1. The van der Waals surface area contributed by atoms with E-state index in [0.717, 1.165) is 0 Å². The second-order valence-electron chi connectivity index (χ2n) is 2.22. The van der Waals surface area contributed by atoms with Crippen molar-refractivity contribution in [2.24, 2.45) is 0 Å². The molecular weight excluding hydrogens is 175 g/mol. The van der Waals surface area contributed by atoms with Crippen LogP contribution in [0.5, 0.6) is 5.75 Å². The average Bonchev–Trinajstić information content (AvgIpc) is 2.06. The van der Waals surface area contributed by atoms with Crippen LogP contribution in [0.4, 0.5) is 0 Å². The fourth-order valence-corrected chi connectivity index (χ4v) is 0.960. The Kier molecular flexibility index (Phi) is 3.46. The minimum absolute atomic E-state index is 0.307. The van der Waals surface area contributed by atoms with E-state index in [-0.39, 0.29) is 0 Å². The molecule has 1 aromatic carbocycles. The van der Waals surface area contributed by atoms with E-state index >= 15 is 0 Å². The van der Waals surface area contributed by atoms with Crippen molar-refractivity contribution in [3.63, 3.8) is 0 Å². The highest BCUT2D eigenvalue weighted by Gasteiger charge is 2.09. The Balaban J connectivity index is 2.71. The van der Waals surface area contributed by atoms with Gasteiger partial charge in [0.1, 0.15) is 11.7 Å². The van der Waals surface area contributed by atoms with Crippen LogP contribution in [0.3, 0.4) is 0 Å². The summed E-state index contributed by atoms with van der Waals surface area (Å²) in [5, 5.41) is 17.5. The minimum atomic E-state index is -1.42. The summed E-state index contributed by atoms with van der Waals surface area (Å²) in [4.78, 5) is 0. The molecule has 0 fully saturated rings. The van der Waals surface area contributed by atoms with Crippen molar-refractivity contribution < 1.29 is 14.8 Å². The zero-order chi connectivity index (χ0) is 8.97. The Hall–Kier alpha value is -0.645. The molecule has 0 aromatic heterocycles. The third-order valence-corrected chi connectivity index (χ3v) is 1.54. The predicted molar refractivity (Wildman–Crippen MR) is 50.7 cm³/mol. The third-order valence-electron chi connectivity index (χ3n) is 1.41. The molecule has 2 N–H and O–H groups in total. The summed E-state index contributed by atoms with van der Waals surface area (Å²) < 4.78 is 5.04. The van der Waals surface area contributed by atoms with Gasteiger partial charge in [-0.15, -0.1) is 12.6 Å². The summed E-state index contributed by atoms with van der Waals surface area (Å²) in [6, 6.07) is 6.49. The van der Waals surface area contributed by atoms with Gasteiger partial charge in [0, 0.05) is 0 Å². The molecule has 12 heavy (non-hydrogen) atoms. The topological polar surface area (TPSA) is 49.7 Å². The molecule has 0 heterocycles. The van der Waals surface area contributed by atoms with Gasteiger partial charge in [0.05, 0.1) is 0 Å². The van der Waals surface area contributed by atoms with Gasteiger partial charge in [0.2, 0.25) is 0 Å². The molecule has 1 rings (SSSR count). The summed E-state index contributed by atoms with van der Waals surface area (Å²) in [7, 11) is -1.42. The lowest BCUT2D eigenvalue weighted by Crippen LogP contribution is -2.29. The molecule has 0 aliphatic heterocycles. The Labute approximate surface area is 76.5 Å². The smallest absolute Gasteiger partial charge is 0.483 e. The van der Waals surface area contributed by atoms with Crippen LogP contribution in [0.1, 0.15) is 0 Å². The van der Waals surface area contributed by atoms with E-state index in [2.05, 4.69) is 12.6 Å². The molecular formula is C7H9BO3S. The molecule has 0 unspecified atom stereocenters. The van der Waals surface area contributed by atoms with E-state index in [4.69, 9.17) is 14.8 Å². The zero-order valence-corrected chi connectivity index (χ0v) is 7.24. The highest BCUT2D eigenvalue weighted by atomic mass is 32.1. The van der Waals surface area contributed by atoms with Crippen LogP contribution in [0.15, 0.2) is 24.3 Å². The van der Waals surface area contributed by atoms with E-state index < -0.39 is 7.12 Å². The van der Waals surface area contributed by atoms with Crippen molar-refractivity contribution >= 4 is 25.2 Å². The van der Waals surface area contributed by atoms with Crippen LogP contribution in [0, 0.1) is 0 Å². The van der Waals surface area contributed by atoms with E-state index in [1.54, 1.807) is 24.3 Å². The van der Waals surface area contributed by atoms with Crippen molar-refractivity contribution in [2.75, 3.05) is 5.94 Å². The van der Waals surface area contributed by atoms with Gasteiger partial charge in [-0.2, -0.15) is 0 Å². The van der Waals surface area contributed by atoms with E-state index in [1.807, 2.05) is 0 Å². The molecule has 0 atom stereocenters. The Morgan fingerprint density at radius 1 is 1.25 bits per heavy atom. The summed E-state index contributed by atoms with van der Waals surface area (Å²) >= 11 is 3.88. The van der Waals surface area contributed by atoms with Gasteiger partial charge < -0.3 is 14.8 Å².